The van der Waals surface area contributed by atoms with Crippen LogP contribution in [0, 0.1) is 6.92 Å². The minimum Gasteiger partial charge on any atom is -0.337 e. The average Bonchev–Trinajstić information content (AvgIpc) is 2.94. The molecule has 0 bridgehead atoms. The van der Waals surface area contributed by atoms with Gasteiger partial charge >= 0.3 is 0 Å². The highest BCUT2D eigenvalue weighted by molar-refractivity contribution is 7.88. The topological polar surface area (TPSA) is 107 Å². The van der Waals surface area contributed by atoms with Gasteiger partial charge in [0.05, 0.1) is 6.26 Å². The number of carbonyl (C=O) groups is 2. The Kier molecular flexibility index (Phi) is 9.91. The van der Waals surface area contributed by atoms with Crippen molar-refractivity contribution >= 4 is 27.5 Å². The Balaban J connectivity index is 1.50. The second-order valence-corrected chi connectivity index (χ2v) is 13.1. The number of benzene rings is 1. The summed E-state index contributed by atoms with van der Waals surface area (Å²) in [5.74, 6) is 0.640. The molecule has 0 aliphatic carbocycles. The van der Waals surface area contributed by atoms with Crippen molar-refractivity contribution in [3.05, 3.63) is 53.1 Å². The number of piperidine rings is 1. The largest absolute Gasteiger partial charge is 0.337 e. The summed E-state index contributed by atoms with van der Waals surface area (Å²) in [7, 11) is -1.22. The van der Waals surface area contributed by atoms with Gasteiger partial charge in [0.25, 0.3) is 0 Å². The van der Waals surface area contributed by atoms with E-state index in [2.05, 4.69) is 9.88 Å². The van der Waals surface area contributed by atoms with E-state index >= 15 is 0 Å². The number of likely N-dealkylation sites (N-methyl/N-ethyl adjacent to an activating group) is 1. The van der Waals surface area contributed by atoms with E-state index in [9.17, 15) is 18.0 Å². The third-order valence-corrected chi connectivity index (χ3v) is 9.06. The van der Waals surface area contributed by atoms with Crippen molar-refractivity contribution in [2.24, 2.45) is 0 Å². The lowest BCUT2D eigenvalue weighted by Gasteiger charge is -2.30. The maximum absolute atomic E-state index is 13.6. The zero-order chi connectivity index (χ0) is 28.9. The van der Waals surface area contributed by atoms with Crippen LogP contribution in [0.4, 0.5) is 5.69 Å². The molecular formula is C29H42N6O4S. The predicted octanol–water partition coefficient (Wildman–Crippen LogP) is 2.57. The van der Waals surface area contributed by atoms with Gasteiger partial charge in [-0.2, -0.15) is 0 Å². The highest BCUT2D eigenvalue weighted by Crippen LogP contribution is 2.27. The number of amides is 2. The van der Waals surface area contributed by atoms with Crippen molar-refractivity contribution in [2.45, 2.75) is 58.4 Å². The van der Waals surface area contributed by atoms with E-state index in [-0.39, 0.29) is 17.7 Å². The first-order valence-corrected chi connectivity index (χ1v) is 16.0. The van der Waals surface area contributed by atoms with Gasteiger partial charge < -0.3 is 14.7 Å². The summed E-state index contributed by atoms with van der Waals surface area (Å²) < 4.78 is 25.7. The maximum atomic E-state index is 13.6. The molecule has 2 aromatic rings. The van der Waals surface area contributed by atoms with Crippen LogP contribution >= 0.6 is 0 Å². The smallest absolute Gasteiger partial charge is 0.223 e. The summed E-state index contributed by atoms with van der Waals surface area (Å²) in [6.45, 7) is 7.69. The van der Waals surface area contributed by atoms with E-state index in [1.807, 2.05) is 54.1 Å². The summed E-state index contributed by atoms with van der Waals surface area (Å²) in [6.07, 6.45) is 4.49. The summed E-state index contributed by atoms with van der Waals surface area (Å²) >= 11 is 0. The summed E-state index contributed by atoms with van der Waals surface area (Å²) in [5, 5.41) is 0. The number of rotatable bonds is 5. The van der Waals surface area contributed by atoms with Gasteiger partial charge in [-0.05, 0) is 63.9 Å². The highest BCUT2D eigenvalue weighted by Gasteiger charge is 2.29. The van der Waals surface area contributed by atoms with Crippen LogP contribution in [-0.4, -0.2) is 96.9 Å². The van der Waals surface area contributed by atoms with Crippen LogP contribution < -0.4 is 4.90 Å². The van der Waals surface area contributed by atoms with Crippen molar-refractivity contribution in [3.8, 4) is 0 Å². The Morgan fingerprint density at radius 2 is 1.80 bits per heavy atom. The highest BCUT2D eigenvalue weighted by atomic mass is 32.2. The number of para-hydroxylation sites is 1. The number of sulfonamides is 1. The number of aryl methyl sites for hydroxylation is 2. The van der Waals surface area contributed by atoms with E-state index in [0.29, 0.717) is 51.4 Å². The van der Waals surface area contributed by atoms with Crippen LogP contribution in [-0.2, 0) is 32.6 Å². The van der Waals surface area contributed by atoms with Crippen LogP contribution in [0.15, 0.2) is 30.3 Å². The van der Waals surface area contributed by atoms with Gasteiger partial charge in [0.15, 0.2) is 0 Å². The van der Waals surface area contributed by atoms with Gasteiger partial charge in [-0.1, -0.05) is 18.2 Å². The molecule has 218 valence electrons. The number of anilines is 1. The summed E-state index contributed by atoms with van der Waals surface area (Å²) in [6, 6.07) is 9.75. The Hall–Kier alpha value is -2.89. The second kappa shape index (κ2) is 13.2. The van der Waals surface area contributed by atoms with Crippen LogP contribution in [0.1, 0.15) is 61.3 Å². The molecule has 1 fully saturated rings. The van der Waals surface area contributed by atoms with Crippen molar-refractivity contribution < 1.29 is 18.0 Å². The Labute approximate surface area is 238 Å². The molecule has 10 nitrogen and oxygen atoms in total. The molecule has 3 heterocycles. The quantitative estimate of drug-likeness (QED) is 0.544. The number of hydrogen-bond donors (Lipinski definition) is 0. The SMILES string of the molecule is CC(=O)N1CCCN(C)CCN(C(=O)CCc2cc(C)nc(C3CCCN(S(C)(=O)=O)C3)n2)Cc2ccccc21. The maximum Gasteiger partial charge on any atom is 0.223 e. The molecule has 11 heteroatoms. The van der Waals surface area contributed by atoms with E-state index in [1.165, 1.54) is 10.6 Å². The summed E-state index contributed by atoms with van der Waals surface area (Å²) in [4.78, 5) is 41.4. The molecule has 40 heavy (non-hydrogen) atoms. The Morgan fingerprint density at radius 3 is 2.55 bits per heavy atom. The molecule has 0 saturated carbocycles. The molecule has 0 N–H and O–H groups in total. The third-order valence-electron chi connectivity index (χ3n) is 7.79. The van der Waals surface area contributed by atoms with Crippen LogP contribution in [0.2, 0.25) is 0 Å². The number of nitrogens with zero attached hydrogens (tertiary/aromatic N) is 6. The van der Waals surface area contributed by atoms with Crippen molar-refractivity contribution in [3.63, 3.8) is 0 Å². The fourth-order valence-corrected chi connectivity index (χ4v) is 6.48. The lowest BCUT2D eigenvalue weighted by molar-refractivity contribution is -0.132. The minimum atomic E-state index is -3.26. The van der Waals surface area contributed by atoms with Gasteiger partial charge in [-0.15, -0.1) is 0 Å². The molecule has 2 aliphatic heterocycles. The first kappa shape index (κ1) is 30.1. The molecule has 4 rings (SSSR count). The molecule has 1 atom stereocenters. The molecule has 0 spiro atoms. The third kappa shape index (κ3) is 7.86. The minimum absolute atomic E-state index is 0.000199. The van der Waals surface area contributed by atoms with Crippen molar-refractivity contribution in [1.82, 2.24) is 24.1 Å². The van der Waals surface area contributed by atoms with E-state index in [1.54, 1.807) is 6.92 Å². The normalized spacial score (nSPS) is 20.1. The first-order chi connectivity index (χ1) is 19.0. The standard InChI is InChI=1S/C29H42N6O4S/c1-22-19-26(31-29(30-22)25-10-7-15-34(21-25)40(4,38)39)12-13-28(37)33-18-17-32(3)14-8-16-35(23(2)36)27-11-6-5-9-24(27)20-33/h5-6,9,11,19,25H,7-8,10,12-18,20-21H2,1-4H3. The number of carbonyl (C=O) groups excluding carboxylic acids is 2. The lowest BCUT2D eigenvalue weighted by Crippen LogP contribution is -2.39. The number of fused-ring (bicyclic) bond motifs is 1. The lowest BCUT2D eigenvalue weighted by atomic mass is 9.98. The second-order valence-electron chi connectivity index (χ2n) is 11.1. The average molecular weight is 571 g/mol. The molecule has 1 unspecified atom stereocenters. The van der Waals surface area contributed by atoms with Crippen molar-refractivity contribution in [2.75, 3.05) is 57.5 Å². The van der Waals surface area contributed by atoms with E-state index in [4.69, 9.17) is 4.98 Å². The molecule has 1 aromatic carbocycles. The van der Waals surface area contributed by atoms with Crippen molar-refractivity contribution in [1.29, 1.82) is 0 Å². The van der Waals surface area contributed by atoms with Gasteiger partial charge in [0, 0.05) is 75.6 Å². The molecule has 2 amide bonds. The van der Waals surface area contributed by atoms with Gasteiger partial charge in [0.2, 0.25) is 21.8 Å². The van der Waals surface area contributed by atoms with Gasteiger partial charge in [-0.3, -0.25) is 9.59 Å². The predicted molar refractivity (Wildman–Crippen MR) is 155 cm³/mol. The van der Waals surface area contributed by atoms with Crippen LogP contribution in [0.5, 0.6) is 0 Å². The Bertz CT molecular complexity index is 1320. The van der Waals surface area contributed by atoms with Gasteiger partial charge in [-0.25, -0.2) is 22.7 Å². The molecular weight excluding hydrogens is 528 g/mol. The van der Waals surface area contributed by atoms with Crippen LogP contribution in [0.3, 0.4) is 0 Å². The zero-order valence-corrected chi connectivity index (χ0v) is 25.0. The number of aromatic nitrogens is 2. The Morgan fingerprint density at radius 1 is 1.02 bits per heavy atom. The van der Waals surface area contributed by atoms with E-state index < -0.39 is 10.0 Å². The molecule has 1 aromatic heterocycles. The molecule has 1 saturated heterocycles. The molecule has 2 aliphatic rings. The fraction of sp³-hybridized carbons (Fsp3) is 0.586. The first-order valence-electron chi connectivity index (χ1n) is 14.1. The van der Waals surface area contributed by atoms with Gasteiger partial charge in [0.1, 0.15) is 5.82 Å². The van der Waals surface area contributed by atoms with E-state index in [0.717, 1.165) is 55.0 Å². The fourth-order valence-electron chi connectivity index (χ4n) is 5.57. The monoisotopic (exact) mass is 570 g/mol. The van der Waals surface area contributed by atoms with Crippen LogP contribution in [0.25, 0.3) is 0 Å². The zero-order valence-electron chi connectivity index (χ0n) is 24.2. The molecule has 0 radical (unpaired) electrons. The summed E-state index contributed by atoms with van der Waals surface area (Å²) in [5.41, 5.74) is 3.44. The number of hydrogen-bond acceptors (Lipinski definition) is 7.